The summed E-state index contributed by atoms with van der Waals surface area (Å²) < 4.78 is 40.5. The lowest BCUT2D eigenvalue weighted by Crippen LogP contribution is -2.53. The van der Waals surface area contributed by atoms with Crippen LogP contribution >= 0.6 is 0 Å². The molecule has 1 aliphatic heterocycles. The topological polar surface area (TPSA) is 131 Å². The van der Waals surface area contributed by atoms with E-state index in [9.17, 15) is 27.6 Å². The Morgan fingerprint density at radius 1 is 1.05 bits per heavy atom. The average molecular weight is 582 g/mol. The second-order valence-corrected chi connectivity index (χ2v) is 10.7. The minimum Gasteiger partial charge on any atom is -0.352 e. The number of anilines is 1. The van der Waals surface area contributed by atoms with Gasteiger partial charge in [-0.05, 0) is 64.8 Å². The molecule has 0 aromatic heterocycles. The highest BCUT2D eigenvalue weighted by Gasteiger charge is 2.36. The molecule has 11 heteroatoms. The third-order valence-electron chi connectivity index (χ3n) is 7.38. The molecule has 1 heterocycles. The van der Waals surface area contributed by atoms with E-state index in [1.165, 1.54) is 11.0 Å². The molecule has 2 atom stereocenters. The Morgan fingerprint density at radius 3 is 2.38 bits per heavy atom. The van der Waals surface area contributed by atoms with E-state index in [2.05, 4.69) is 10.6 Å². The van der Waals surface area contributed by atoms with Gasteiger partial charge in [0.1, 0.15) is 6.04 Å². The molecule has 0 fully saturated rings. The molecular formula is C31H34F3N5O3. The zero-order chi connectivity index (χ0) is 30.6. The van der Waals surface area contributed by atoms with E-state index in [4.69, 9.17) is 11.5 Å². The Bertz CT molecular complexity index is 1460. The largest absolute Gasteiger partial charge is 0.416 e. The van der Waals surface area contributed by atoms with Crippen LogP contribution in [0.5, 0.6) is 0 Å². The van der Waals surface area contributed by atoms with Gasteiger partial charge in [0.05, 0.1) is 18.2 Å². The SMILES string of the molecule is CC(C)C(N)C(=O)N[C@@H]1CCc2cc(C(F)(F)F)ccc2N(Cc2ccc(-c3ccccc3CNC(N)=O)cc2)C1=O. The maximum atomic E-state index is 13.8. The van der Waals surface area contributed by atoms with Crippen LogP contribution in [0.15, 0.2) is 66.7 Å². The number of carbonyl (C=O) groups is 3. The fraction of sp³-hybridized carbons (Fsp3) is 0.323. The molecule has 8 nitrogen and oxygen atoms in total. The van der Waals surface area contributed by atoms with Gasteiger partial charge in [-0.15, -0.1) is 0 Å². The van der Waals surface area contributed by atoms with Gasteiger partial charge in [-0.2, -0.15) is 13.2 Å². The second kappa shape index (κ2) is 12.6. The van der Waals surface area contributed by atoms with Crippen molar-refractivity contribution in [1.82, 2.24) is 10.6 Å². The first-order chi connectivity index (χ1) is 19.8. The molecule has 1 aliphatic rings. The van der Waals surface area contributed by atoms with E-state index < -0.39 is 41.7 Å². The Labute approximate surface area is 242 Å². The number of fused-ring (bicyclic) bond motifs is 1. The van der Waals surface area contributed by atoms with Crippen molar-refractivity contribution in [2.24, 2.45) is 17.4 Å². The minimum absolute atomic E-state index is 0.0744. The minimum atomic E-state index is -4.53. The summed E-state index contributed by atoms with van der Waals surface area (Å²) in [5.41, 5.74) is 14.5. The van der Waals surface area contributed by atoms with Gasteiger partial charge in [0.25, 0.3) is 0 Å². The fourth-order valence-electron chi connectivity index (χ4n) is 4.93. The lowest BCUT2D eigenvalue weighted by Gasteiger charge is -2.28. The van der Waals surface area contributed by atoms with E-state index in [0.29, 0.717) is 11.3 Å². The number of benzene rings is 3. The molecule has 1 unspecified atom stereocenters. The fourth-order valence-corrected chi connectivity index (χ4v) is 4.93. The summed E-state index contributed by atoms with van der Waals surface area (Å²) >= 11 is 0. The summed E-state index contributed by atoms with van der Waals surface area (Å²) in [6, 6.07) is 15.9. The van der Waals surface area contributed by atoms with Crippen LogP contribution in [0.2, 0.25) is 0 Å². The van der Waals surface area contributed by atoms with Gasteiger partial charge in [0.2, 0.25) is 11.8 Å². The van der Waals surface area contributed by atoms with Gasteiger partial charge in [-0.25, -0.2) is 4.79 Å². The van der Waals surface area contributed by atoms with Crippen molar-refractivity contribution in [2.75, 3.05) is 4.90 Å². The Kier molecular flexibility index (Phi) is 9.20. The third-order valence-corrected chi connectivity index (χ3v) is 7.38. The van der Waals surface area contributed by atoms with Crippen LogP contribution < -0.4 is 27.0 Å². The summed E-state index contributed by atoms with van der Waals surface area (Å²) in [6.07, 6.45) is -4.24. The predicted molar refractivity (Wildman–Crippen MR) is 154 cm³/mol. The number of nitrogens with two attached hydrogens (primary N) is 2. The van der Waals surface area contributed by atoms with Crippen molar-refractivity contribution >= 4 is 23.5 Å². The van der Waals surface area contributed by atoms with Crippen LogP contribution in [-0.4, -0.2) is 29.9 Å². The molecule has 3 aromatic rings. The second-order valence-electron chi connectivity index (χ2n) is 10.7. The molecule has 222 valence electrons. The van der Waals surface area contributed by atoms with Crippen molar-refractivity contribution in [2.45, 2.75) is 58.0 Å². The van der Waals surface area contributed by atoms with Crippen molar-refractivity contribution in [3.8, 4) is 11.1 Å². The highest BCUT2D eigenvalue weighted by atomic mass is 19.4. The number of amides is 4. The number of primary amides is 1. The molecule has 3 aromatic carbocycles. The van der Waals surface area contributed by atoms with Crippen LogP contribution in [0, 0.1) is 5.92 Å². The molecule has 0 saturated heterocycles. The molecule has 0 bridgehead atoms. The first-order valence-corrected chi connectivity index (χ1v) is 13.6. The molecule has 4 rings (SSSR count). The normalized spacial score (nSPS) is 16.0. The standard InChI is InChI=1S/C31H34F3N5O3/c1-18(2)27(35)28(40)38-25-13-11-21-15-23(31(32,33)34)12-14-26(21)39(29(25)41)17-19-7-9-20(10-8-19)24-6-4-3-5-22(24)16-37-30(36)42/h3-10,12,14-15,18,25,27H,11,13,16-17,35H2,1-2H3,(H,38,40)(H3,36,37,42)/t25-,27?/m1/s1. The van der Waals surface area contributed by atoms with Crippen LogP contribution in [0.4, 0.5) is 23.7 Å². The quantitative estimate of drug-likeness (QED) is 0.312. The predicted octanol–water partition coefficient (Wildman–Crippen LogP) is 4.49. The van der Waals surface area contributed by atoms with E-state index in [1.54, 1.807) is 13.8 Å². The van der Waals surface area contributed by atoms with E-state index in [1.807, 2.05) is 48.5 Å². The van der Waals surface area contributed by atoms with E-state index in [-0.39, 0.29) is 31.8 Å². The summed E-state index contributed by atoms with van der Waals surface area (Å²) in [7, 11) is 0. The van der Waals surface area contributed by atoms with Crippen LogP contribution in [0.1, 0.15) is 42.5 Å². The number of hydrogen-bond donors (Lipinski definition) is 4. The number of halogens is 3. The number of nitrogens with zero attached hydrogens (tertiary/aromatic N) is 1. The summed E-state index contributed by atoms with van der Waals surface area (Å²) in [5.74, 6) is -1.08. The monoisotopic (exact) mass is 581 g/mol. The maximum Gasteiger partial charge on any atom is 0.416 e. The van der Waals surface area contributed by atoms with Gasteiger partial charge in [0, 0.05) is 12.2 Å². The van der Waals surface area contributed by atoms with Crippen LogP contribution in [0.25, 0.3) is 11.1 Å². The average Bonchev–Trinajstić information content (AvgIpc) is 3.07. The number of hydrogen-bond acceptors (Lipinski definition) is 4. The maximum absolute atomic E-state index is 13.8. The van der Waals surface area contributed by atoms with Crippen LogP contribution in [0.3, 0.4) is 0 Å². The Hall–Kier alpha value is -4.38. The number of carbonyl (C=O) groups excluding carboxylic acids is 3. The number of rotatable bonds is 8. The molecular weight excluding hydrogens is 547 g/mol. The van der Waals surface area contributed by atoms with E-state index in [0.717, 1.165) is 34.4 Å². The highest BCUT2D eigenvalue weighted by Crippen LogP contribution is 2.36. The molecule has 0 saturated carbocycles. The highest BCUT2D eigenvalue weighted by molar-refractivity contribution is 6.01. The molecule has 4 amide bonds. The van der Waals surface area contributed by atoms with Crippen LogP contribution in [-0.2, 0) is 35.3 Å². The number of alkyl halides is 3. The Morgan fingerprint density at radius 2 is 1.74 bits per heavy atom. The van der Waals surface area contributed by atoms with Gasteiger partial charge < -0.3 is 27.0 Å². The molecule has 42 heavy (non-hydrogen) atoms. The smallest absolute Gasteiger partial charge is 0.352 e. The van der Waals surface area contributed by atoms with Crippen molar-refractivity contribution in [3.05, 3.63) is 89.0 Å². The van der Waals surface area contributed by atoms with Crippen molar-refractivity contribution in [3.63, 3.8) is 0 Å². The summed E-state index contributed by atoms with van der Waals surface area (Å²) in [4.78, 5) is 39.1. The molecule has 0 radical (unpaired) electrons. The van der Waals surface area contributed by atoms with Gasteiger partial charge >= 0.3 is 12.2 Å². The first-order valence-electron chi connectivity index (χ1n) is 13.6. The lowest BCUT2D eigenvalue weighted by atomic mass is 9.98. The summed E-state index contributed by atoms with van der Waals surface area (Å²) in [6.45, 7) is 3.90. The zero-order valence-corrected chi connectivity index (χ0v) is 23.4. The molecule has 0 aliphatic carbocycles. The van der Waals surface area contributed by atoms with Gasteiger partial charge in [-0.1, -0.05) is 62.4 Å². The molecule has 6 N–H and O–H groups in total. The Balaban J connectivity index is 1.65. The zero-order valence-electron chi connectivity index (χ0n) is 23.4. The van der Waals surface area contributed by atoms with Gasteiger partial charge in [0.15, 0.2) is 0 Å². The van der Waals surface area contributed by atoms with Crippen molar-refractivity contribution in [1.29, 1.82) is 0 Å². The third kappa shape index (κ3) is 7.09. The number of aryl methyl sites for hydroxylation is 1. The lowest BCUT2D eigenvalue weighted by molar-refractivity contribution is -0.137. The van der Waals surface area contributed by atoms with Crippen molar-refractivity contribution < 1.29 is 27.6 Å². The summed E-state index contributed by atoms with van der Waals surface area (Å²) in [5, 5.41) is 5.31. The number of nitrogens with one attached hydrogen (secondary N) is 2. The molecule has 0 spiro atoms. The first kappa shape index (κ1) is 30.6. The number of urea groups is 1. The van der Waals surface area contributed by atoms with Gasteiger partial charge in [-0.3, -0.25) is 9.59 Å². The van der Waals surface area contributed by atoms with E-state index >= 15 is 0 Å².